The van der Waals surface area contributed by atoms with Crippen LogP contribution in [-0.2, 0) is 4.79 Å². The standard InChI is InChI=1S/C13H26O/c1-6-7-8-9-11(2)10-12(14)13(3,4)5/h11H,6-10H2,1-5H3. The summed E-state index contributed by atoms with van der Waals surface area (Å²) in [4.78, 5) is 11.7. The maximum absolute atomic E-state index is 11.7. The number of hydrogen-bond acceptors (Lipinski definition) is 1. The molecule has 0 aromatic heterocycles. The average Bonchev–Trinajstić information content (AvgIpc) is 2.03. The van der Waals surface area contributed by atoms with Crippen LogP contribution in [0, 0.1) is 11.3 Å². The van der Waals surface area contributed by atoms with E-state index in [0.29, 0.717) is 11.7 Å². The molecule has 0 aliphatic heterocycles. The van der Waals surface area contributed by atoms with E-state index in [0.717, 1.165) is 6.42 Å². The lowest BCUT2D eigenvalue weighted by Gasteiger charge is -2.19. The smallest absolute Gasteiger partial charge is 0.138 e. The number of carbonyl (C=O) groups excluding carboxylic acids is 1. The Labute approximate surface area is 89.3 Å². The molecule has 0 aromatic rings. The van der Waals surface area contributed by atoms with Crippen LogP contribution in [0.15, 0.2) is 0 Å². The molecule has 0 saturated heterocycles. The SMILES string of the molecule is CCCCCC(C)CC(=O)C(C)(C)C. The van der Waals surface area contributed by atoms with Crippen LogP contribution in [0.1, 0.15) is 66.7 Å². The van der Waals surface area contributed by atoms with Gasteiger partial charge in [-0.05, 0) is 5.92 Å². The second kappa shape index (κ2) is 6.21. The summed E-state index contributed by atoms with van der Waals surface area (Å²) in [5, 5.41) is 0. The van der Waals surface area contributed by atoms with Crippen molar-refractivity contribution in [3.63, 3.8) is 0 Å². The van der Waals surface area contributed by atoms with Gasteiger partial charge in [0, 0.05) is 11.8 Å². The van der Waals surface area contributed by atoms with Crippen molar-refractivity contribution < 1.29 is 4.79 Å². The maximum atomic E-state index is 11.7. The Hall–Kier alpha value is -0.330. The third kappa shape index (κ3) is 6.17. The zero-order valence-electron chi connectivity index (χ0n) is 10.5. The summed E-state index contributed by atoms with van der Waals surface area (Å²) in [6, 6.07) is 0. The average molecular weight is 198 g/mol. The fourth-order valence-electron chi connectivity index (χ4n) is 1.47. The van der Waals surface area contributed by atoms with E-state index in [1.54, 1.807) is 0 Å². The predicted octanol–water partition coefficient (Wildman–Crippen LogP) is 4.21. The van der Waals surface area contributed by atoms with E-state index in [1.165, 1.54) is 25.7 Å². The van der Waals surface area contributed by atoms with Crippen LogP contribution in [0.5, 0.6) is 0 Å². The molecule has 0 heterocycles. The molecule has 0 aromatic carbocycles. The van der Waals surface area contributed by atoms with Gasteiger partial charge in [0.1, 0.15) is 5.78 Å². The van der Waals surface area contributed by atoms with Crippen molar-refractivity contribution >= 4 is 5.78 Å². The lowest BCUT2D eigenvalue weighted by Crippen LogP contribution is -2.22. The Bertz CT molecular complexity index is 165. The van der Waals surface area contributed by atoms with Gasteiger partial charge in [0.05, 0.1) is 0 Å². The first kappa shape index (κ1) is 13.7. The number of hydrogen-bond donors (Lipinski definition) is 0. The Morgan fingerprint density at radius 3 is 2.21 bits per heavy atom. The highest BCUT2D eigenvalue weighted by Crippen LogP contribution is 2.22. The third-order valence-corrected chi connectivity index (χ3v) is 2.67. The molecule has 0 aliphatic rings. The largest absolute Gasteiger partial charge is 0.299 e. The Morgan fingerprint density at radius 1 is 1.21 bits per heavy atom. The lowest BCUT2D eigenvalue weighted by molar-refractivity contribution is -0.127. The summed E-state index contributed by atoms with van der Waals surface area (Å²) in [6.07, 6.45) is 5.80. The molecule has 84 valence electrons. The van der Waals surface area contributed by atoms with Gasteiger partial charge in [-0.1, -0.05) is 60.3 Å². The summed E-state index contributed by atoms with van der Waals surface area (Å²) in [7, 11) is 0. The van der Waals surface area contributed by atoms with Gasteiger partial charge < -0.3 is 0 Å². The van der Waals surface area contributed by atoms with Gasteiger partial charge >= 0.3 is 0 Å². The normalized spacial score (nSPS) is 14.1. The molecule has 0 aliphatic carbocycles. The van der Waals surface area contributed by atoms with Crippen LogP contribution in [0.25, 0.3) is 0 Å². The van der Waals surface area contributed by atoms with E-state index >= 15 is 0 Å². The number of carbonyl (C=O) groups is 1. The molecule has 0 rings (SSSR count). The summed E-state index contributed by atoms with van der Waals surface area (Å²) in [5.41, 5.74) is -0.154. The Kier molecular flexibility index (Phi) is 6.06. The van der Waals surface area contributed by atoms with Gasteiger partial charge in [0.15, 0.2) is 0 Å². The first-order valence-electron chi connectivity index (χ1n) is 5.91. The first-order chi connectivity index (χ1) is 6.38. The van der Waals surface area contributed by atoms with Gasteiger partial charge in [0.2, 0.25) is 0 Å². The van der Waals surface area contributed by atoms with Crippen molar-refractivity contribution in [2.75, 3.05) is 0 Å². The number of unbranched alkanes of at least 4 members (excludes halogenated alkanes) is 2. The van der Waals surface area contributed by atoms with Crippen LogP contribution in [-0.4, -0.2) is 5.78 Å². The van der Waals surface area contributed by atoms with Crippen LogP contribution in [0.3, 0.4) is 0 Å². The minimum atomic E-state index is -0.154. The molecule has 0 amide bonds. The highest BCUT2D eigenvalue weighted by molar-refractivity contribution is 5.83. The Morgan fingerprint density at radius 2 is 1.79 bits per heavy atom. The quantitative estimate of drug-likeness (QED) is 0.584. The summed E-state index contributed by atoms with van der Waals surface area (Å²) in [5.74, 6) is 0.967. The van der Waals surface area contributed by atoms with Crippen molar-refractivity contribution in [3.05, 3.63) is 0 Å². The maximum Gasteiger partial charge on any atom is 0.138 e. The van der Waals surface area contributed by atoms with E-state index in [1.807, 2.05) is 20.8 Å². The molecule has 1 nitrogen and oxygen atoms in total. The van der Waals surface area contributed by atoms with Crippen molar-refractivity contribution in [2.45, 2.75) is 66.7 Å². The topological polar surface area (TPSA) is 17.1 Å². The molecular formula is C13H26O. The molecule has 0 saturated carbocycles. The molecule has 0 spiro atoms. The molecule has 14 heavy (non-hydrogen) atoms. The second-order valence-corrected chi connectivity index (χ2v) is 5.48. The second-order valence-electron chi connectivity index (χ2n) is 5.48. The number of rotatable bonds is 6. The molecule has 1 unspecified atom stereocenters. The Balaban J connectivity index is 3.72. The van der Waals surface area contributed by atoms with Gasteiger partial charge in [-0.3, -0.25) is 4.79 Å². The zero-order valence-corrected chi connectivity index (χ0v) is 10.5. The number of Topliss-reactive ketones (excluding diaryl/α,β-unsaturated/α-hetero) is 1. The van der Waals surface area contributed by atoms with Gasteiger partial charge in [-0.15, -0.1) is 0 Å². The minimum Gasteiger partial charge on any atom is -0.299 e. The molecule has 0 radical (unpaired) electrons. The highest BCUT2D eigenvalue weighted by atomic mass is 16.1. The molecule has 0 fully saturated rings. The fourth-order valence-corrected chi connectivity index (χ4v) is 1.47. The molecular weight excluding hydrogens is 172 g/mol. The van der Waals surface area contributed by atoms with E-state index in [-0.39, 0.29) is 5.41 Å². The monoisotopic (exact) mass is 198 g/mol. The molecule has 1 heteroatoms. The van der Waals surface area contributed by atoms with Crippen LogP contribution in [0.2, 0.25) is 0 Å². The van der Waals surface area contributed by atoms with Crippen molar-refractivity contribution in [1.82, 2.24) is 0 Å². The van der Waals surface area contributed by atoms with Crippen molar-refractivity contribution in [2.24, 2.45) is 11.3 Å². The summed E-state index contributed by atoms with van der Waals surface area (Å²) in [6.45, 7) is 10.4. The first-order valence-corrected chi connectivity index (χ1v) is 5.91. The van der Waals surface area contributed by atoms with Crippen molar-refractivity contribution in [3.8, 4) is 0 Å². The third-order valence-electron chi connectivity index (χ3n) is 2.67. The summed E-state index contributed by atoms with van der Waals surface area (Å²) < 4.78 is 0. The van der Waals surface area contributed by atoms with Gasteiger partial charge in [-0.25, -0.2) is 0 Å². The molecule has 0 N–H and O–H groups in total. The number of ketones is 1. The predicted molar refractivity (Wildman–Crippen MR) is 62.4 cm³/mol. The van der Waals surface area contributed by atoms with E-state index in [9.17, 15) is 4.79 Å². The lowest BCUT2D eigenvalue weighted by atomic mass is 9.84. The van der Waals surface area contributed by atoms with Gasteiger partial charge in [-0.2, -0.15) is 0 Å². The summed E-state index contributed by atoms with van der Waals surface area (Å²) >= 11 is 0. The zero-order chi connectivity index (χ0) is 11.2. The van der Waals surface area contributed by atoms with Gasteiger partial charge in [0.25, 0.3) is 0 Å². The van der Waals surface area contributed by atoms with Crippen molar-refractivity contribution in [1.29, 1.82) is 0 Å². The van der Waals surface area contributed by atoms with Crippen LogP contribution >= 0.6 is 0 Å². The van der Waals surface area contributed by atoms with E-state index < -0.39 is 0 Å². The van der Waals surface area contributed by atoms with Crippen LogP contribution < -0.4 is 0 Å². The van der Waals surface area contributed by atoms with Crippen LogP contribution in [0.4, 0.5) is 0 Å². The highest BCUT2D eigenvalue weighted by Gasteiger charge is 2.22. The minimum absolute atomic E-state index is 0.154. The molecule has 0 bridgehead atoms. The molecule has 1 atom stereocenters. The van der Waals surface area contributed by atoms with E-state index in [4.69, 9.17) is 0 Å². The fraction of sp³-hybridized carbons (Fsp3) is 0.923. The van der Waals surface area contributed by atoms with E-state index in [2.05, 4.69) is 13.8 Å².